The first-order valence-electron chi connectivity index (χ1n) is 7.29. The molecule has 0 bridgehead atoms. The van der Waals surface area contributed by atoms with E-state index in [-0.39, 0.29) is 11.5 Å². The van der Waals surface area contributed by atoms with Crippen LogP contribution in [0, 0.1) is 27.3 Å². The van der Waals surface area contributed by atoms with Gasteiger partial charge in [-0.1, -0.05) is 0 Å². The number of nitriles is 1. The zero-order valence-electron chi connectivity index (χ0n) is 12.8. The molecule has 1 heterocycles. The van der Waals surface area contributed by atoms with Crippen LogP contribution >= 0.6 is 0 Å². The van der Waals surface area contributed by atoms with Crippen LogP contribution < -0.4 is 0 Å². The lowest BCUT2D eigenvalue weighted by molar-refractivity contribution is -0.384. The molecule has 0 atom stereocenters. The summed E-state index contributed by atoms with van der Waals surface area (Å²) in [6.07, 6.45) is 1.55. The second-order valence-corrected chi connectivity index (χ2v) is 5.18. The van der Waals surface area contributed by atoms with Crippen molar-refractivity contribution in [1.29, 1.82) is 5.26 Å². The normalized spacial score (nSPS) is 11.1. The second kappa shape index (κ2) is 6.81. The summed E-state index contributed by atoms with van der Waals surface area (Å²) in [5, 5.41) is 20.0. The van der Waals surface area contributed by atoms with Gasteiger partial charge in [0.05, 0.1) is 16.6 Å². The van der Waals surface area contributed by atoms with Gasteiger partial charge in [0.2, 0.25) is 0 Å². The standard InChI is InChI=1S/C19H11FN2O3/c20-16-5-1-14(2-6-16)19-10-9-18(25-19)11-15(12-21)13-3-7-17(8-4-13)22(23)24/h1-11H/b15-11-. The molecule has 0 amide bonds. The molecule has 0 spiro atoms. The van der Waals surface area contributed by atoms with E-state index in [0.29, 0.717) is 22.7 Å². The molecule has 25 heavy (non-hydrogen) atoms. The van der Waals surface area contributed by atoms with Gasteiger partial charge in [-0.25, -0.2) is 4.39 Å². The lowest BCUT2D eigenvalue weighted by atomic mass is 10.1. The van der Waals surface area contributed by atoms with Gasteiger partial charge in [0, 0.05) is 17.7 Å². The van der Waals surface area contributed by atoms with Gasteiger partial charge >= 0.3 is 0 Å². The summed E-state index contributed by atoms with van der Waals surface area (Å²) >= 11 is 0. The van der Waals surface area contributed by atoms with E-state index in [0.717, 1.165) is 5.56 Å². The van der Waals surface area contributed by atoms with Crippen molar-refractivity contribution < 1.29 is 13.7 Å². The Labute approximate surface area is 142 Å². The highest BCUT2D eigenvalue weighted by atomic mass is 19.1. The number of nitro groups is 1. The summed E-state index contributed by atoms with van der Waals surface area (Å²) in [5.41, 5.74) is 1.54. The Morgan fingerprint density at radius 1 is 1.08 bits per heavy atom. The maximum absolute atomic E-state index is 13.0. The number of hydrogen-bond acceptors (Lipinski definition) is 4. The zero-order chi connectivity index (χ0) is 17.8. The predicted octanol–water partition coefficient (Wildman–Crippen LogP) is 5.06. The van der Waals surface area contributed by atoms with Gasteiger partial charge in [0.1, 0.15) is 17.3 Å². The van der Waals surface area contributed by atoms with Crippen LogP contribution in [0.5, 0.6) is 0 Å². The molecule has 1 aromatic heterocycles. The fourth-order valence-electron chi connectivity index (χ4n) is 2.28. The molecule has 0 unspecified atom stereocenters. The van der Waals surface area contributed by atoms with Crippen molar-refractivity contribution in [2.24, 2.45) is 0 Å². The van der Waals surface area contributed by atoms with Gasteiger partial charge in [0.25, 0.3) is 5.69 Å². The number of benzene rings is 2. The fraction of sp³-hybridized carbons (Fsp3) is 0. The number of allylic oxidation sites excluding steroid dienone is 1. The Morgan fingerprint density at radius 2 is 1.76 bits per heavy atom. The number of rotatable bonds is 4. The SMILES string of the molecule is N#C/C(=C/c1ccc(-c2ccc(F)cc2)o1)c1ccc([N+](=O)[O-])cc1. The summed E-state index contributed by atoms with van der Waals surface area (Å²) in [7, 11) is 0. The molecule has 122 valence electrons. The Morgan fingerprint density at radius 3 is 2.36 bits per heavy atom. The molecule has 0 fully saturated rings. The van der Waals surface area contributed by atoms with Crippen LogP contribution in [0.15, 0.2) is 65.1 Å². The van der Waals surface area contributed by atoms with Gasteiger partial charge < -0.3 is 4.42 Å². The van der Waals surface area contributed by atoms with Gasteiger partial charge in [-0.2, -0.15) is 5.26 Å². The molecule has 3 aromatic rings. The third-order valence-corrected chi connectivity index (χ3v) is 3.55. The molecule has 6 heteroatoms. The Hall–Kier alpha value is -3.72. The third-order valence-electron chi connectivity index (χ3n) is 3.55. The van der Waals surface area contributed by atoms with E-state index in [1.54, 1.807) is 30.3 Å². The van der Waals surface area contributed by atoms with E-state index in [2.05, 4.69) is 6.07 Å². The maximum Gasteiger partial charge on any atom is 0.269 e. The quantitative estimate of drug-likeness (QED) is 0.379. The number of nitrogens with zero attached hydrogens (tertiary/aromatic N) is 2. The highest BCUT2D eigenvalue weighted by Gasteiger charge is 2.09. The Kier molecular flexibility index (Phi) is 4.40. The lowest BCUT2D eigenvalue weighted by Crippen LogP contribution is -1.88. The summed E-state index contributed by atoms with van der Waals surface area (Å²) < 4.78 is 18.6. The molecule has 0 N–H and O–H groups in total. The number of furan rings is 1. The van der Waals surface area contributed by atoms with E-state index in [9.17, 15) is 19.8 Å². The number of non-ortho nitro benzene ring substituents is 1. The van der Waals surface area contributed by atoms with Gasteiger partial charge in [-0.3, -0.25) is 10.1 Å². The summed E-state index contributed by atoms with van der Waals surface area (Å²) in [6, 6.07) is 17.1. The number of hydrogen-bond donors (Lipinski definition) is 0. The van der Waals surface area contributed by atoms with E-state index < -0.39 is 4.92 Å². The first-order valence-corrected chi connectivity index (χ1v) is 7.29. The van der Waals surface area contributed by atoms with E-state index in [1.807, 2.05) is 0 Å². The van der Waals surface area contributed by atoms with Crippen LogP contribution in [0.1, 0.15) is 11.3 Å². The van der Waals surface area contributed by atoms with Crippen LogP contribution in [-0.2, 0) is 0 Å². The number of halogens is 1. The molecular weight excluding hydrogens is 323 g/mol. The van der Waals surface area contributed by atoms with Crippen LogP contribution in [-0.4, -0.2) is 4.92 Å². The van der Waals surface area contributed by atoms with Crippen molar-refractivity contribution >= 4 is 17.3 Å². The monoisotopic (exact) mass is 334 g/mol. The molecule has 0 saturated heterocycles. The molecule has 5 nitrogen and oxygen atoms in total. The van der Waals surface area contributed by atoms with Crippen molar-refractivity contribution in [1.82, 2.24) is 0 Å². The molecule has 0 aliphatic rings. The topological polar surface area (TPSA) is 80.1 Å². The van der Waals surface area contributed by atoms with Crippen LogP contribution in [0.2, 0.25) is 0 Å². The van der Waals surface area contributed by atoms with Crippen molar-refractivity contribution in [2.45, 2.75) is 0 Å². The van der Waals surface area contributed by atoms with Crippen LogP contribution in [0.3, 0.4) is 0 Å². The molecule has 3 rings (SSSR count). The fourth-order valence-corrected chi connectivity index (χ4v) is 2.28. The predicted molar refractivity (Wildman–Crippen MR) is 90.7 cm³/mol. The zero-order valence-corrected chi connectivity index (χ0v) is 12.8. The maximum atomic E-state index is 13.0. The third kappa shape index (κ3) is 3.62. The molecule has 2 aromatic carbocycles. The number of nitro benzene ring substituents is 1. The second-order valence-electron chi connectivity index (χ2n) is 5.18. The minimum Gasteiger partial charge on any atom is -0.457 e. The summed E-state index contributed by atoms with van der Waals surface area (Å²) in [6.45, 7) is 0. The molecule has 0 radical (unpaired) electrons. The first-order chi connectivity index (χ1) is 12.1. The first kappa shape index (κ1) is 16.1. The van der Waals surface area contributed by atoms with Crippen molar-refractivity contribution in [3.63, 3.8) is 0 Å². The molecule has 0 aliphatic carbocycles. The van der Waals surface area contributed by atoms with Gasteiger partial charge in [-0.05, 0) is 60.2 Å². The van der Waals surface area contributed by atoms with Crippen LogP contribution in [0.4, 0.5) is 10.1 Å². The van der Waals surface area contributed by atoms with Gasteiger partial charge in [-0.15, -0.1) is 0 Å². The average Bonchev–Trinajstić information content (AvgIpc) is 3.09. The molecular formula is C19H11FN2O3. The Bertz CT molecular complexity index is 981. The van der Waals surface area contributed by atoms with E-state index in [4.69, 9.17) is 4.42 Å². The summed E-state index contributed by atoms with van der Waals surface area (Å²) in [4.78, 5) is 10.2. The van der Waals surface area contributed by atoms with E-state index >= 15 is 0 Å². The van der Waals surface area contributed by atoms with Crippen molar-refractivity contribution in [3.05, 3.63) is 87.9 Å². The lowest BCUT2D eigenvalue weighted by Gasteiger charge is -1.99. The van der Waals surface area contributed by atoms with Gasteiger partial charge in [0.15, 0.2) is 0 Å². The minimum absolute atomic E-state index is 0.0439. The molecule has 0 saturated carbocycles. The smallest absolute Gasteiger partial charge is 0.269 e. The Balaban J connectivity index is 1.89. The largest absolute Gasteiger partial charge is 0.457 e. The van der Waals surface area contributed by atoms with Crippen molar-refractivity contribution in [3.8, 4) is 17.4 Å². The highest BCUT2D eigenvalue weighted by molar-refractivity contribution is 5.89. The minimum atomic E-state index is -0.499. The van der Waals surface area contributed by atoms with E-state index in [1.165, 1.54) is 36.4 Å². The molecule has 0 aliphatic heterocycles. The van der Waals surface area contributed by atoms with Crippen molar-refractivity contribution in [2.75, 3.05) is 0 Å². The summed E-state index contributed by atoms with van der Waals surface area (Å²) in [5.74, 6) is 0.668. The average molecular weight is 334 g/mol. The van der Waals surface area contributed by atoms with Crippen LogP contribution in [0.25, 0.3) is 23.0 Å². The highest BCUT2D eigenvalue weighted by Crippen LogP contribution is 2.26.